The van der Waals surface area contributed by atoms with Crippen LogP contribution in [0, 0.1) is 0 Å². The van der Waals surface area contributed by atoms with Gasteiger partial charge in [0.2, 0.25) is 5.16 Å². The van der Waals surface area contributed by atoms with E-state index in [0.717, 1.165) is 5.56 Å². The van der Waals surface area contributed by atoms with Gasteiger partial charge in [-0.05, 0) is 28.1 Å². The van der Waals surface area contributed by atoms with Crippen LogP contribution in [0.2, 0.25) is 10.0 Å². The number of benzene rings is 1. The van der Waals surface area contributed by atoms with Crippen molar-refractivity contribution in [1.29, 1.82) is 0 Å². The van der Waals surface area contributed by atoms with Crippen LogP contribution in [0.15, 0.2) is 23.4 Å². The number of thioether (sulfide) groups is 1. The Labute approximate surface area is 118 Å². The van der Waals surface area contributed by atoms with Gasteiger partial charge in [0, 0.05) is 15.8 Å². The van der Waals surface area contributed by atoms with E-state index in [1.165, 1.54) is 16.4 Å². The molecule has 0 unspecified atom stereocenters. The van der Waals surface area contributed by atoms with Gasteiger partial charge in [-0.3, -0.25) is 0 Å². The summed E-state index contributed by atoms with van der Waals surface area (Å²) >= 11 is 13.6. The SMILES string of the molecule is OCCn1nnnc1SCc1c(Cl)cccc1Cl. The summed E-state index contributed by atoms with van der Waals surface area (Å²) in [4.78, 5) is 0. The lowest BCUT2D eigenvalue weighted by atomic mass is 10.2. The fourth-order valence-corrected chi connectivity index (χ4v) is 2.99. The number of hydrogen-bond donors (Lipinski definition) is 1. The summed E-state index contributed by atoms with van der Waals surface area (Å²) in [5, 5.41) is 21.9. The van der Waals surface area contributed by atoms with Crippen LogP contribution in [0.1, 0.15) is 5.56 Å². The van der Waals surface area contributed by atoms with Crippen molar-refractivity contribution in [2.24, 2.45) is 0 Å². The summed E-state index contributed by atoms with van der Waals surface area (Å²) in [6.07, 6.45) is 0. The van der Waals surface area contributed by atoms with Gasteiger partial charge in [-0.15, -0.1) is 5.10 Å². The smallest absolute Gasteiger partial charge is 0.209 e. The maximum absolute atomic E-state index is 8.87. The molecule has 0 aliphatic rings. The van der Waals surface area contributed by atoms with Crippen molar-refractivity contribution in [1.82, 2.24) is 20.2 Å². The fraction of sp³-hybridized carbons (Fsp3) is 0.300. The van der Waals surface area contributed by atoms with Crippen LogP contribution in [0.4, 0.5) is 0 Å². The molecule has 1 N–H and O–H groups in total. The van der Waals surface area contributed by atoms with E-state index in [0.29, 0.717) is 27.5 Å². The van der Waals surface area contributed by atoms with Crippen molar-refractivity contribution in [3.05, 3.63) is 33.8 Å². The van der Waals surface area contributed by atoms with Gasteiger partial charge in [-0.1, -0.05) is 41.0 Å². The number of halogens is 2. The number of hydrogen-bond acceptors (Lipinski definition) is 5. The Kier molecular flexibility index (Phi) is 4.82. The molecule has 0 fully saturated rings. The molecule has 1 heterocycles. The first kappa shape index (κ1) is 13.6. The van der Waals surface area contributed by atoms with Crippen LogP contribution in [-0.2, 0) is 12.3 Å². The Balaban J connectivity index is 2.09. The molecule has 2 aromatic rings. The van der Waals surface area contributed by atoms with Crippen molar-refractivity contribution in [3.8, 4) is 0 Å². The standard InChI is InChI=1S/C10H10Cl2N4OS/c11-8-2-1-3-9(12)7(8)6-18-10-13-14-15-16(10)4-5-17/h1-3,17H,4-6H2. The van der Waals surface area contributed by atoms with Gasteiger partial charge in [0.25, 0.3) is 0 Å². The minimum absolute atomic E-state index is 0.00848. The molecule has 1 aromatic heterocycles. The van der Waals surface area contributed by atoms with Crippen LogP contribution >= 0.6 is 35.0 Å². The van der Waals surface area contributed by atoms with Gasteiger partial charge >= 0.3 is 0 Å². The average Bonchev–Trinajstić information content (AvgIpc) is 2.77. The van der Waals surface area contributed by atoms with Crippen molar-refractivity contribution in [3.63, 3.8) is 0 Å². The van der Waals surface area contributed by atoms with Crippen LogP contribution < -0.4 is 0 Å². The highest BCUT2D eigenvalue weighted by molar-refractivity contribution is 7.98. The summed E-state index contributed by atoms with van der Waals surface area (Å²) in [5.41, 5.74) is 0.851. The van der Waals surface area contributed by atoms with E-state index in [1.807, 2.05) is 0 Å². The number of aliphatic hydroxyl groups is 1. The lowest BCUT2D eigenvalue weighted by molar-refractivity contribution is 0.262. The molecule has 8 heteroatoms. The second kappa shape index (κ2) is 6.38. The van der Waals surface area contributed by atoms with Gasteiger partial charge in [0.05, 0.1) is 13.2 Å². The lowest BCUT2D eigenvalue weighted by Gasteiger charge is -2.06. The molecule has 0 saturated heterocycles. The Morgan fingerprint density at radius 2 is 2.00 bits per heavy atom. The number of tetrazole rings is 1. The van der Waals surface area contributed by atoms with E-state index >= 15 is 0 Å². The molecule has 0 aliphatic heterocycles. The quantitative estimate of drug-likeness (QED) is 0.859. The van der Waals surface area contributed by atoms with Gasteiger partial charge in [-0.25, -0.2) is 4.68 Å². The molecule has 0 saturated carbocycles. The summed E-state index contributed by atoms with van der Waals surface area (Å²) in [6.45, 7) is 0.358. The van der Waals surface area contributed by atoms with Gasteiger partial charge in [0.1, 0.15) is 0 Å². The van der Waals surface area contributed by atoms with Crippen LogP contribution in [0.25, 0.3) is 0 Å². The highest BCUT2D eigenvalue weighted by Crippen LogP contribution is 2.30. The summed E-state index contributed by atoms with van der Waals surface area (Å²) in [6, 6.07) is 5.38. The topological polar surface area (TPSA) is 63.8 Å². The highest BCUT2D eigenvalue weighted by atomic mass is 35.5. The molecule has 0 bridgehead atoms. The first-order valence-corrected chi connectivity index (χ1v) is 6.89. The molecule has 0 aliphatic carbocycles. The minimum atomic E-state index is -0.00848. The van der Waals surface area contributed by atoms with E-state index in [9.17, 15) is 0 Å². The Hall–Kier alpha value is -0.820. The van der Waals surface area contributed by atoms with Gasteiger partial charge in [-0.2, -0.15) is 0 Å². The molecule has 5 nitrogen and oxygen atoms in total. The molecule has 18 heavy (non-hydrogen) atoms. The normalized spacial score (nSPS) is 10.8. The van der Waals surface area contributed by atoms with Crippen molar-refractivity contribution in [2.75, 3.05) is 6.61 Å². The lowest BCUT2D eigenvalue weighted by Crippen LogP contribution is -2.05. The third-order valence-electron chi connectivity index (χ3n) is 2.22. The number of nitrogens with zero attached hydrogens (tertiary/aromatic N) is 4. The molecule has 96 valence electrons. The Morgan fingerprint density at radius 1 is 1.28 bits per heavy atom. The molecule has 2 rings (SSSR count). The third-order valence-corrected chi connectivity index (χ3v) is 3.91. The molecule has 0 spiro atoms. The number of aliphatic hydroxyl groups excluding tert-OH is 1. The van der Waals surface area contributed by atoms with Crippen molar-refractivity contribution in [2.45, 2.75) is 17.5 Å². The zero-order valence-corrected chi connectivity index (χ0v) is 11.6. The Morgan fingerprint density at radius 3 is 2.67 bits per heavy atom. The zero-order valence-electron chi connectivity index (χ0n) is 9.25. The van der Waals surface area contributed by atoms with E-state index in [4.69, 9.17) is 28.3 Å². The van der Waals surface area contributed by atoms with E-state index in [2.05, 4.69) is 15.5 Å². The maximum Gasteiger partial charge on any atom is 0.209 e. The monoisotopic (exact) mass is 304 g/mol. The van der Waals surface area contributed by atoms with E-state index < -0.39 is 0 Å². The van der Waals surface area contributed by atoms with E-state index in [1.54, 1.807) is 18.2 Å². The average molecular weight is 305 g/mol. The minimum Gasteiger partial charge on any atom is -0.394 e. The predicted molar refractivity (Wildman–Crippen MR) is 70.9 cm³/mol. The maximum atomic E-state index is 8.87. The van der Waals surface area contributed by atoms with Crippen LogP contribution in [-0.4, -0.2) is 31.9 Å². The second-order valence-corrected chi connectivity index (χ2v) is 5.15. The summed E-state index contributed by atoms with van der Waals surface area (Å²) in [5.74, 6) is 0.574. The predicted octanol–water partition coefficient (Wildman–Crippen LogP) is 2.26. The fourth-order valence-electron chi connectivity index (χ4n) is 1.34. The van der Waals surface area contributed by atoms with Gasteiger partial charge in [0.15, 0.2) is 0 Å². The zero-order chi connectivity index (χ0) is 13.0. The molecular weight excluding hydrogens is 295 g/mol. The summed E-state index contributed by atoms with van der Waals surface area (Å²) < 4.78 is 1.54. The molecule has 1 aromatic carbocycles. The van der Waals surface area contributed by atoms with Gasteiger partial charge < -0.3 is 5.11 Å². The molecular formula is C10H10Cl2N4OS. The first-order valence-electron chi connectivity index (χ1n) is 5.15. The van der Waals surface area contributed by atoms with Crippen LogP contribution in [0.3, 0.4) is 0 Å². The first-order chi connectivity index (χ1) is 8.72. The number of aromatic nitrogens is 4. The van der Waals surface area contributed by atoms with Crippen molar-refractivity contribution < 1.29 is 5.11 Å². The van der Waals surface area contributed by atoms with E-state index in [-0.39, 0.29) is 6.61 Å². The molecule has 0 atom stereocenters. The molecule has 0 amide bonds. The largest absolute Gasteiger partial charge is 0.394 e. The second-order valence-electron chi connectivity index (χ2n) is 3.40. The Bertz CT molecular complexity index is 514. The number of rotatable bonds is 5. The van der Waals surface area contributed by atoms with Crippen molar-refractivity contribution >= 4 is 35.0 Å². The third kappa shape index (κ3) is 3.14. The molecule has 0 radical (unpaired) electrons. The van der Waals surface area contributed by atoms with Crippen LogP contribution in [0.5, 0.6) is 0 Å². The highest BCUT2D eigenvalue weighted by Gasteiger charge is 2.10. The summed E-state index contributed by atoms with van der Waals surface area (Å²) in [7, 11) is 0.